The molecule has 0 aliphatic heterocycles. The maximum atomic E-state index is 11.3. The first-order valence-electron chi connectivity index (χ1n) is 6.58. The molecule has 0 aromatic carbocycles. The zero-order valence-electron chi connectivity index (χ0n) is 12.5. The van der Waals surface area contributed by atoms with E-state index in [0.29, 0.717) is 0 Å². The van der Waals surface area contributed by atoms with Crippen LogP contribution in [0.1, 0.15) is 47.5 Å². The second kappa shape index (κ2) is 8.56. The van der Waals surface area contributed by atoms with Gasteiger partial charge in [0.1, 0.15) is 18.8 Å². The number of ether oxygens (including phenoxy) is 2. The minimum atomic E-state index is -0.622. The zero-order valence-corrected chi connectivity index (χ0v) is 12.5. The second-order valence-electron chi connectivity index (χ2n) is 5.11. The van der Waals surface area contributed by atoms with Gasteiger partial charge in [-0.2, -0.15) is 0 Å². The van der Waals surface area contributed by atoms with Gasteiger partial charge >= 0.3 is 12.1 Å². The lowest BCUT2D eigenvalue weighted by molar-refractivity contribution is -0.141. The van der Waals surface area contributed by atoms with Crippen molar-refractivity contribution in [2.75, 3.05) is 13.2 Å². The van der Waals surface area contributed by atoms with E-state index in [2.05, 4.69) is 19.2 Å². The molecule has 0 heterocycles. The van der Waals surface area contributed by atoms with Crippen molar-refractivity contribution >= 4 is 12.1 Å². The van der Waals surface area contributed by atoms with E-state index in [1.807, 2.05) is 6.08 Å². The fourth-order valence-electron chi connectivity index (χ4n) is 1.30. The molecule has 0 aliphatic rings. The summed E-state index contributed by atoms with van der Waals surface area (Å²) in [6.07, 6.45) is 3.17. The number of allylic oxidation sites excluding steroid dienone is 1. The number of carbonyl (C=O) groups excluding carboxylic acids is 2. The highest BCUT2D eigenvalue weighted by molar-refractivity contribution is 5.78. The number of esters is 1. The predicted molar refractivity (Wildman–Crippen MR) is 73.9 cm³/mol. The van der Waals surface area contributed by atoms with Gasteiger partial charge in [-0.3, -0.25) is 4.79 Å². The van der Waals surface area contributed by atoms with Gasteiger partial charge < -0.3 is 14.8 Å². The van der Waals surface area contributed by atoms with E-state index in [4.69, 9.17) is 9.47 Å². The SMILES string of the molecule is CCC(=CCOC(=O)CNC(=O)OC(C)(C)C)CC. The summed E-state index contributed by atoms with van der Waals surface area (Å²) in [7, 11) is 0. The lowest BCUT2D eigenvalue weighted by atomic mass is 10.1. The van der Waals surface area contributed by atoms with Crippen LogP contribution in [0, 0.1) is 0 Å². The number of alkyl carbamates (subject to hydrolysis) is 1. The molecule has 0 saturated carbocycles. The Labute approximate surface area is 115 Å². The molecule has 5 heteroatoms. The summed E-state index contributed by atoms with van der Waals surface area (Å²) >= 11 is 0. The summed E-state index contributed by atoms with van der Waals surface area (Å²) in [4.78, 5) is 22.6. The molecule has 1 N–H and O–H groups in total. The van der Waals surface area contributed by atoms with Crippen LogP contribution in [0.4, 0.5) is 4.79 Å². The van der Waals surface area contributed by atoms with Gasteiger partial charge in [0.15, 0.2) is 0 Å². The topological polar surface area (TPSA) is 64.6 Å². The van der Waals surface area contributed by atoms with Crippen molar-refractivity contribution in [3.63, 3.8) is 0 Å². The van der Waals surface area contributed by atoms with E-state index in [1.54, 1.807) is 20.8 Å². The van der Waals surface area contributed by atoms with Crippen molar-refractivity contribution in [1.29, 1.82) is 0 Å². The van der Waals surface area contributed by atoms with Crippen molar-refractivity contribution in [1.82, 2.24) is 5.32 Å². The maximum absolute atomic E-state index is 11.3. The largest absolute Gasteiger partial charge is 0.460 e. The van der Waals surface area contributed by atoms with Crippen molar-refractivity contribution < 1.29 is 19.1 Å². The molecule has 0 fully saturated rings. The van der Waals surface area contributed by atoms with Crippen LogP contribution in [0.3, 0.4) is 0 Å². The Balaban J connectivity index is 3.88. The number of hydrogen-bond donors (Lipinski definition) is 1. The average Bonchev–Trinajstić information content (AvgIpc) is 2.30. The molecule has 0 aromatic rings. The van der Waals surface area contributed by atoms with Gasteiger partial charge in [-0.15, -0.1) is 0 Å². The van der Waals surface area contributed by atoms with Gasteiger partial charge in [-0.25, -0.2) is 4.79 Å². The van der Waals surface area contributed by atoms with Crippen molar-refractivity contribution in [2.24, 2.45) is 0 Å². The lowest BCUT2D eigenvalue weighted by Gasteiger charge is -2.19. The Hall–Kier alpha value is -1.52. The third kappa shape index (κ3) is 10.1. The Bertz CT molecular complexity index is 323. The molecule has 0 aromatic heterocycles. The molecule has 0 saturated heterocycles. The molecule has 19 heavy (non-hydrogen) atoms. The molecule has 0 aliphatic carbocycles. The highest BCUT2D eigenvalue weighted by Crippen LogP contribution is 2.06. The minimum Gasteiger partial charge on any atom is -0.460 e. The number of amides is 1. The summed E-state index contributed by atoms with van der Waals surface area (Å²) in [6, 6.07) is 0. The van der Waals surface area contributed by atoms with E-state index in [-0.39, 0.29) is 13.2 Å². The van der Waals surface area contributed by atoms with E-state index < -0.39 is 17.7 Å². The average molecular weight is 271 g/mol. The molecule has 0 atom stereocenters. The monoisotopic (exact) mass is 271 g/mol. The first kappa shape index (κ1) is 17.5. The van der Waals surface area contributed by atoms with Crippen LogP contribution in [0.25, 0.3) is 0 Å². The molecule has 0 radical (unpaired) electrons. The third-order valence-corrected chi connectivity index (χ3v) is 2.30. The zero-order chi connectivity index (χ0) is 14.9. The Morgan fingerprint density at radius 2 is 1.74 bits per heavy atom. The molecular formula is C14H25NO4. The number of carbonyl (C=O) groups is 2. The van der Waals surface area contributed by atoms with Crippen LogP contribution in [-0.2, 0) is 14.3 Å². The van der Waals surface area contributed by atoms with Gasteiger partial charge in [-0.05, 0) is 39.7 Å². The van der Waals surface area contributed by atoms with Crippen LogP contribution in [-0.4, -0.2) is 30.8 Å². The quantitative estimate of drug-likeness (QED) is 0.596. The summed E-state index contributed by atoms with van der Waals surface area (Å²) < 4.78 is 9.97. The van der Waals surface area contributed by atoms with Gasteiger partial charge in [0.2, 0.25) is 0 Å². The third-order valence-electron chi connectivity index (χ3n) is 2.30. The molecule has 110 valence electrons. The summed E-state index contributed by atoms with van der Waals surface area (Å²) in [5.41, 5.74) is 0.668. The molecule has 0 unspecified atom stereocenters. The maximum Gasteiger partial charge on any atom is 0.408 e. The molecule has 1 amide bonds. The van der Waals surface area contributed by atoms with E-state index in [1.165, 1.54) is 5.57 Å². The Kier molecular flexibility index (Phi) is 7.87. The highest BCUT2D eigenvalue weighted by atomic mass is 16.6. The minimum absolute atomic E-state index is 0.184. The van der Waals surface area contributed by atoms with Crippen molar-refractivity contribution in [2.45, 2.75) is 53.1 Å². The fraction of sp³-hybridized carbons (Fsp3) is 0.714. The molecular weight excluding hydrogens is 246 g/mol. The van der Waals surface area contributed by atoms with Crippen LogP contribution in [0.2, 0.25) is 0 Å². The Morgan fingerprint density at radius 3 is 2.21 bits per heavy atom. The van der Waals surface area contributed by atoms with Crippen LogP contribution < -0.4 is 5.32 Å². The summed E-state index contributed by atoms with van der Waals surface area (Å²) in [6.45, 7) is 9.44. The van der Waals surface area contributed by atoms with E-state index in [0.717, 1.165) is 12.8 Å². The lowest BCUT2D eigenvalue weighted by Crippen LogP contribution is -2.36. The van der Waals surface area contributed by atoms with E-state index >= 15 is 0 Å². The summed E-state index contributed by atoms with van der Waals surface area (Å²) in [5.74, 6) is -0.478. The molecule has 0 rings (SSSR count). The standard InChI is InChI=1S/C14H25NO4/c1-6-11(7-2)8-9-18-12(16)10-15-13(17)19-14(3,4)5/h8H,6-7,9-10H2,1-5H3,(H,15,17). The van der Waals surface area contributed by atoms with Gasteiger partial charge in [0.05, 0.1) is 0 Å². The van der Waals surface area contributed by atoms with Crippen LogP contribution in [0.15, 0.2) is 11.6 Å². The normalized spacial score (nSPS) is 10.6. The van der Waals surface area contributed by atoms with E-state index in [9.17, 15) is 9.59 Å². The number of hydrogen-bond acceptors (Lipinski definition) is 4. The second-order valence-corrected chi connectivity index (χ2v) is 5.11. The van der Waals surface area contributed by atoms with Crippen LogP contribution in [0.5, 0.6) is 0 Å². The first-order valence-corrected chi connectivity index (χ1v) is 6.58. The Morgan fingerprint density at radius 1 is 1.16 bits per heavy atom. The van der Waals surface area contributed by atoms with Gasteiger partial charge in [0.25, 0.3) is 0 Å². The van der Waals surface area contributed by atoms with Gasteiger partial charge in [-0.1, -0.05) is 19.4 Å². The molecule has 0 spiro atoms. The summed E-state index contributed by atoms with van der Waals surface area (Å²) in [5, 5.41) is 2.35. The number of rotatable bonds is 6. The van der Waals surface area contributed by atoms with Crippen molar-refractivity contribution in [3.8, 4) is 0 Å². The highest BCUT2D eigenvalue weighted by Gasteiger charge is 2.16. The smallest absolute Gasteiger partial charge is 0.408 e. The fourth-order valence-corrected chi connectivity index (χ4v) is 1.30. The van der Waals surface area contributed by atoms with Crippen molar-refractivity contribution in [3.05, 3.63) is 11.6 Å². The number of nitrogens with one attached hydrogen (secondary N) is 1. The molecule has 5 nitrogen and oxygen atoms in total. The predicted octanol–water partition coefficient (Wildman–Crippen LogP) is 2.80. The first-order chi connectivity index (χ1) is 8.78. The van der Waals surface area contributed by atoms with Gasteiger partial charge in [0, 0.05) is 0 Å². The molecule has 0 bridgehead atoms. The van der Waals surface area contributed by atoms with Crippen LogP contribution >= 0.6 is 0 Å².